The van der Waals surface area contributed by atoms with Crippen molar-refractivity contribution in [3.05, 3.63) is 30.1 Å². The molecule has 1 aliphatic heterocycles. The molecule has 7 heteroatoms. The van der Waals surface area contributed by atoms with Crippen molar-refractivity contribution in [3.63, 3.8) is 0 Å². The third-order valence-corrected chi connectivity index (χ3v) is 5.37. The second-order valence-corrected chi connectivity index (χ2v) is 7.91. The van der Waals surface area contributed by atoms with Gasteiger partial charge in [-0.05, 0) is 64.3 Å². The first-order valence-corrected chi connectivity index (χ1v) is 10.8. The molecule has 1 atom stereocenters. The number of rotatable bonds is 9. The van der Waals surface area contributed by atoms with Crippen LogP contribution in [0.15, 0.2) is 29.3 Å². The molecule has 0 bridgehead atoms. The molecule has 1 aromatic heterocycles. The molecule has 162 valence electrons. The summed E-state index contributed by atoms with van der Waals surface area (Å²) in [4.78, 5) is 12.0. The number of halogens is 1. The van der Waals surface area contributed by atoms with E-state index in [9.17, 15) is 0 Å². The van der Waals surface area contributed by atoms with Crippen LogP contribution >= 0.6 is 24.0 Å². The number of nitrogens with zero attached hydrogens (tertiary/aromatic N) is 4. The molecule has 2 N–H and O–H groups in total. The van der Waals surface area contributed by atoms with Gasteiger partial charge in [0.15, 0.2) is 5.96 Å². The molecular weight excluding hydrogens is 475 g/mol. The first-order chi connectivity index (χ1) is 13.7. The molecule has 0 radical (unpaired) electrons. The van der Waals surface area contributed by atoms with Crippen molar-refractivity contribution in [2.45, 2.75) is 46.6 Å². The Labute approximate surface area is 192 Å². The van der Waals surface area contributed by atoms with Crippen LogP contribution in [0.3, 0.4) is 0 Å². The molecule has 1 aliphatic rings. The number of aromatic nitrogens is 2. The molecule has 1 saturated heterocycles. The Kier molecular flexibility index (Phi) is 10.2. The maximum absolute atomic E-state index is 4.81. The van der Waals surface area contributed by atoms with E-state index >= 15 is 0 Å². The van der Waals surface area contributed by atoms with Crippen molar-refractivity contribution in [1.82, 2.24) is 25.1 Å². The van der Waals surface area contributed by atoms with Crippen LogP contribution in [-0.2, 0) is 6.54 Å². The largest absolute Gasteiger partial charge is 0.357 e. The van der Waals surface area contributed by atoms with E-state index < -0.39 is 0 Å². The highest BCUT2D eigenvalue weighted by Gasteiger charge is 2.14. The summed E-state index contributed by atoms with van der Waals surface area (Å²) in [6, 6.07) is 8.36. The highest BCUT2D eigenvalue weighted by atomic mass is 127. The van der Waals surface area contributed by atoms with Gasteiger partial charge in [-0.2, -0.15) is 0 Å². The van der Waals surface area contributed by atoms with Crippen LogP contribution in [0.2, 0.25) is 0 Å². The lowest BCUT2D eigenvalue weighted by Gasteiger charge is -2.19. The zero-order valence-corrected chi connectivity index (χ0v) is 20.5. The fourth-order valence-corrected chi connectivity index (χ4v) is 3.97. The average molecular weight is 512 g/mol. The fraction of sp³-hybridized carbons (Fsp3) is 0.636. The van der Waals surface area contributed by atoms with Crippen molar-refractivity contribution < 1.29 is 0 Å². The summed E-state index contributed by atoms with van der Waals surface area (Å²) in [5, 5.41) is 6.86. The van der Waals surface area contributed by atoms with E-state index in [4.69, 9.17) is 4.99 Å². The van der Waals surface area contributed by atoms with Crippen LogP contribution in [0.5, 0.6) is 0 Å². The lowest BCUT2D eigenvalue weighted by Crippen LogP contribution is -2.38. The number of aryl methyl sites for hydroxylation is 2. The molecule has 29 heavy (non-hydrogen) atoms. The Balaban J connectivity index is 0.00000300. The number of imidazole rings is 1. The van der Waals surface area contributed by atoms with Gasteiger partial charge in [0.2, 0.25) is 0 Å². The third-order valence-electron chi connectivity index (χ3n) is 5.37. The number of aliphatic imine (C=N–C) groups is 1. The van der Waals surface area contributed by atoms with E-state index in [0.29, 0.717) is 5.92 Å². The third kappa shape index (κ3) is 7.13. The SMILES string of the molecule is CCNC(=NCC(C)CN1CCCC1)NCCCn1c(C)nc2ccccc21.I. The predicted octanol–water partition coefficient (Wildman–Crippen LogP) is 3.64. The van der Waals surface area contributed by atoms with Gasteiger partial charge in [0.05, 0.1) is 11.0 Å². The molecule has 3 rings (SSSR count). The summed E-state index contributed by atoms with van der Waals surface area (Å²) < 4.78 is 2.30. The summed E-state index contributed by atoms with van der Waals surface area (Å²) in [7, 11) is 0. The van der Waals surface area contributed by atoms with Crippen LogP contribution in [0.25, 0.3) is 11.0 Å². The van der Waals surface area contributed by atoms with E-state index in [0.717, 1.165) is 56.4 Å². The lowest BCUT2D eigenvalue weighted by atomic mass is 10.2. The van der Waals surface area contributed by atoms with Crippen LogP contribution in [0.1, 0.15) is 38.9 Å². The van der Waals surface area contributed by atoms with Gasteiger partial charge in [-0.3, -0.25) is 4.99 Å². The summed E-state index contributed by atoms with van der Waals surface area (Å²) in [5.41, 5.74) is 2.30. The minimum Gasteiger partial charge on any atom is -0.357 e. The van der Waals surface area contributed by atoms with Crippen LogP contribution < -0.4 is 10.6 Å². The Morgan fingerprint density at radius 3 is 2.72 bits per heavy atom. The second kappa shape index (κ2) is 12.4. The average Bonchev–Trinajstić information content (AvgIpc) is 3.30. The lowest BCUT2D eigenvalue weighted by molar-refractivity contribution is 0.291. The number of benzene rings is 1. The number of para-hydroxylation sites is 2. The molecule has 1 aromatic carbocycles. The van der Waals surface area contributed by atoms with Gasteiger partial charge in [0.1, 0.15) is 5.82 Å². The van der Waals surface area contributed by atoms with Gasteiger partial charge in [-0.15, -0.1) is 24.0 Å². The number of hydrogen-bond donors (Lipinski definition) is 2. The van der Waals surface area contributed by atoms with E-state index in [1.165, 1.54) is 31.4 Å². The van der Waals surface area contributed by atoms with Gasteiger partial charge in [0.25, 0.3) is 0 Å². The minimum atomic E-state index is 0. The summed E-state index contributed by atoms with van der Waals surface area (Å²) in [6.07, 6.45) is 3.74. The predicted molar refractivity (Wildman–Crippen MR) is 133 cm³/mol. The van der Waals surface area contributed by atoms with Gasteiger partial charge in [-0.25, -0.2) is 4.98 Å². The fourth-order valence-electron chi connectivity index (χ4n) is 3.97. The summed E-state index contributed by atoms with van der Waals surface area (Å²) in [5.74, 6) is 2.61. The number of hydrogen-bond acceptors (Lipinski definition) is 3. The van der Waals surface area contributed by atoms with Crippen molar-refractivity contribution >= 4 is 41.0 Å². The molecule has 1 fully saturated rings. The van der Waals surface area contributed by atoms with E-state index in [2.05, 4.69) is 64.1 Å². The van der Waals surface area contributed by atoms with E-state index in [-0.39, 0.29) is 24.0 Å². The van der Waals surface area contributed by atoms with Crippen LogP contribution in [0, 0.1) is 12.8 Å². The maximum atomic E-state index is 4.81. The zero-order valence-electron chi connectivity index (χ0n) is 18.2. The van der Waals surface area contributed by atoms with Crippen molar-refractivity contribution in [3.8, 4) is 0 Å². The maximum Gasteiger partial charge on any atom is 0.191 e. The summed E-state index contributed by atoms with van der Waals surface area (Å²) >= 11 is 0. The monoisotopic (exact) mass is 512 g/mol. The van der Waals surface area contributed by atoms with E-state index in [1.807, 2.05) is 6.07 Å². The second-order valence-electron chi connectivity index (χ2n) is 7.91. The molecule has 0 saturated carbocycles. The molecule has 2 heterocycles. The minimum absolute atomic E-state index is 0. The first-order valence-electron chi connectivity index (χ1n) is 10.8. The van der Waals surface area contributed by atoms with Crippen LogP contribution in [-0.4, -0.2) is 59.7 Å². The smallest absolute Gasteiger partial charge is 0.191 e. The molecule has 0 amide bonds. The van der Waals surface area contributed by atoms with Gasteiger partial charge in [-0.1, -0.05) is 19.1 Å². The number of fused-ring (bicyclic) bond motifs is 1. The first kappa shape index (κ1) is 23.9. The highest BCUT2D eigenvalue weighted by Crippen LogP contribution is 2.15. The normalized spacial score (nSPS) is 16.0. The molecule has 0 spiro atoms. The van der Waals surface area contributed by atoms with Gasteiger partial charge < -0.3 is 20.1 Å². The highest BCUT2D eigenvalue weighted by molar-refractivity contribution is 14.0. The standard InChI is InChI=1S/C22H36N6.HI/c1-4-23-22(25-16-18(2)17-27-13-7-8-14-27)24-12-9-15-28-19(3)26-20-10-5-6-11-21(20)28;/h5-6,10-11,18H,4,7-9,12-17H2,1-3H3,(H2,23,24,25);1H. The Morgan fingerprint density at radius 2 is 1.97 bits per heavy atom. The van der Waals surface area contributed by atoms with Crippen molar-refractivity contribution in [1.29, 1.82) is 0 Å². The molecular formula is C22H37IN6. The molecule has 0 aliphatic carbocycles. The number of likely N-dealkylation sites (tertiary alicyclic amines) is 1. The summed E-state index contributed by atoms with van der Waals surface area (Å²) in [6.45, 7) is 13.8. The Morgan fingerprint density at radius 1 is 1.21 bits per heavy atom. The quantitative estimate of drug-likeness (QED) is 0.233. The topological polar surface area (TPSA) is 57.5 Å². The molecule has 6 nitrogen and oxygen atoms in total. The molecule has 2 aromatic rings. The molecule has 1 unspecified atom stereocenters. The van der Waals surface area contributed by atoms with Crippen molar-refractivity contribution in [2.24, 2.45) is 10.9 Å². The van der Waals surface area contributed by atoms with E-state index in [1.54, 1.807) is 0 Å². The van der Waals surface area contributed by atoms with Gasteiger partial charge >= 0.3 is 0 Å². The number of nitrogens with one attached hydrogen (secondary N) is 2. The van der Waals surface area contributed by atoms with Crippen molar-refractivity contribution in [2.75, 3.05) is 39.3 Å². The Hall–Kier alpha value is -1.35. The zero-order chi connectivity index (χ0) is 19.8. The Bertz CT molecular complexity index is 766. The van der Waals surface area contributed by atoms with Gasteiger partial charge in [0, 0.05) is 32.7 Å². The number of guanidine groups is 1. The van der Waals surface area contributed by atoms with Crippen LogP contribution in [0.4, 0.5) is 0 Å².